The second kappa shape index (κ2) is 26.5. The number of Topliss-reactive ketones (excluding diaryl/α,β-unsaturated/α-hetero) is 2. The lowest BCUT2D eigenvalue weighted by atomic mass is 10.0. The number of esters is 1. The maximum atomic E-state index is 13.4. The number of methoxy groups -OCH3 is 2. The van der Waals surface area contributed by atoms with E-state index >= 15 is 0 Å². The molecule has 2 aromatic rings. The topological polar surface area (TPSA) is 252 Å². The molecule has 23 heteroatoms. The Morgan fingerprint density at radius 3 is 1.38 bits per heavy atom. The molecule has 4 amide bonds. The predicted molar refractivity (Wildman–Crippen MR) is 254 cm³/mol. The second-order valence-electron chi connectivity index (χ2n) is 16.2. The molecule has 0 saturated carbocycles. The zero-order valence-electron chi connectivity index (χ0n) is 37.8. The number of ketones is 2. The van der Waals surface area contributed by atoms with Crippen molar-refractivity contribution in [3.63, 3.8) is 0 Å². The number of alkyl carbamates (subject to hydrolysis) is 2. The van der Waals surface area contributed by atoms with Gasteiger partial charge >= 0.3 is 24.1 Å². The number of carbonyl (C=O) groups excluding carboxylic acids is 7. The Morgan fingerprint density at radius 2 is 1.03 bits per heavy atom. The van der Waals surface area contributed by atoms with E-state index in [1.54, 1.807) is 64.1 Å². The Kier molecular flexibility index (Phi) is 22.5. The number of hydrogen-bond acceptors (Lipinski definition) is 15. The van der Waals surface area contributed by atoms with Crippen LogP contribution in [0.2, 0.25) is 0 Å². The molecule has 4 aliphatic rings. The molecule has 0 aromatic heterocycles. The maximum Gasteiger partial charge on any atom is 0.407 e. The molecule has 4 fully saturated rings. The summed E-state index contributed by atoms with van der Waals surface area (Å²) in [6.07, 6.45) is -1.38. The second-order valence-corrected chi connectivity index (χ2v) is 18.6. The van der Waals surface area contributed by atoms with E-state index in [0.29, 0.717) is 37.3 Å². The minimum atomic E-state index is -1.13. The summed E-state index contributed by atoms with van der Waals surface area (Å²) >= 11 is 9.70. The SMILES string of the molecule is C.COC(=O)N[C@H](C(=O)N1CC2(C[C@H]1C(=O)O)OCCO2)C(C)C.COC(=O)N[C@H](C(=O)N1CC2(C[C@H]1C(=O)OCC(=O)c1ccc(Br)cc1)OCCO2)C(C)C.O=C(CBr)c1ccc(Br)cc1. The van der Waals surface area contributed by atoms with Gasteiger partial charge in [0.2, 0.25) is 11.8 Å². The monoisotopic (exact) mass is 1150 g/mol. The summed E-state index contributed by atoms with van der Waals surface area (Å²) in [5, 5.41) is 14.8. The summed E-state index contributed by atoms with van der Waals surface area (Å²) in [5.74, 6) is -5.83. The van der Waals surface area contributed by atoms with Gasteiger partial charge in [0.05, 0.1) is 59.1 Å². The molecule has 4 saturated heterocycles. The molecule has 68 heavy (non-hydrogen) atoms. The van der Waals surface area contributed by atoms with Crippen molar-refractivity contribution >= 4 is 95.3 Å². The lowest BCUT2D eigenvalue weighted by Gasteiger charge is -2.29. The highest BCUT2D eigenvalue weighted by molar-refractivity contribution is 9.10. The molecule has 2 spiro atoms. The van der Waals surface area contributed by atoms with Gasteiger partial charge in [-0.3, -0.25) is 19.2 Å². The molecule has 0 unspecified atom stereocenters. The normalized spacial score (nSPS) is 19.4. The molecule has 6 rings (SSSR count). The van der Waals surface area contributed by atoms with Crippen molar-refractivity contribution in [3.05, 3.63) is 68.6 Å². The molecule has 3 N–H and O–H groups in total. The van der Waals surface area contributed by atoms with Crippen molar-refractivity contribution in [3.8, 4) is 0 Å². The average molecular weight is 1150 g/mol. The fourth-order valence-electron chi connectivity index (χ4n) is 7.41. The number of aliphatic carboxylic acids is 1. The molecule has 20 nitrogen and oxygen atoms in total. The smallest absolute Gasteiger partial charge is 0.407 e. The van der Waals surface area contributed by atoms with Crippen molar-refractivity contribution in [2.24, 2.45) is 11.8 Å². The Bertz CT molecular complexity index is 2080. The Labute approximate surface area is 420 Å². The van der Waals surface area contributed by atoms with Gasteiger partial charge in [-0.25, -0.2) is 19.2 Å². The number of hydrogen-bond donors (Lipinski definition) is 3. The van der Waals surface area contributed by atoms with Gasteiger partial charge in [-0.15, -0.1) is 0 Å². The van der Waals surface area contributed by atoms with Crippen LogP contribution in [-0.2, 0) is 52.3 Å². The molecule has 0 bridgehead atoms. The molecule has 0 aliphatic carbocycles. The molecule has 4 heterocycles. The summed E-state index contributed by atoms with van der Waals surface area (Å²) in [4.78, 5) is 99.8. The molecule has 4 aliphatic heterocycles. The zero-order chi connectivity index (χ0) is 49.6. The largest absolute Gasteiger partial charge is 0.480 e. The first-order valence-corrected chi connectivity index (χ1v) is 23.8. The molecule has 0 radical (unpaired) electrons. The van der Waals surface area contributed by atoms with E-state index in [0.717, 1.165) is 14.5 Å². The van der Waals surface area contributed by atoms with E-state index in [-0.39, 0.29) is 56.8 Å². The minimum absolute atomic E-state index is 0. The van der Waals surface area contributed by atoms with E-state index in [2.05, 4.69) is 67.9 Å². The Hall–Kier alpha value is -4.52. The van der Waals surface area contributed by atoms with Crippen molar-refractivity contribution in [2.75, 3.05) is 65.7 Å². The van der Waals surface area contributed by atoms with Crippen LogP contribution in [0.15, 0.2) is 57.5 Å². The number of halogens is 3. The molecular weight excluding hydrogens is 1090 g/mol. The van der Waals surface area contributed by atoms with Gasteiger partial charge in [-0.05, 0) is 36.1 Å². The number of carboxylic acid groups (broad SMARTS) is 1. The van der Waals surface area contributed by atoms with Crippen LogP contribution >= 0.6 is 47.8 Å². The summed E-state index contributed by atoms with van der Waals surface area (Å²) in [6.45, 7) is 7.97. The van der Waals surface area contributed by atoms with E-state index in [1.165, 1.54) is 24.0 Å². The van der Waals surface area contributed by atoms with E-state index in [1.807, 2.05) is 12.1 Å². The first kappa shape index (κ1) is 57.8. The summed E-state index contributed by atoms with van der Waals surface area (Å²) < 4.78 is 38.7. The number of carbonyl (C=O) groups is 8. The molecule has 376 valence electrons. The fourth-order valence-corrected chi connectivity index (χ4v) is 8.26. The third-order valence-electron chi connectivity index (χ3n) is 10.9. The van der Waals surface area contributed by atoms with Crippen LogP contribution in [-0.4, -0.2) is 164 Å². The third-order valence-corrected chi connectivity index (χ3v) is 12.5. The van der Waals surface area contributed by atoms with Gasteiger partial charge < -0.3 is 58.7 Å². The number of alkyl halides is 1. The molecule has 2 aromatic carbocycles. The van der Waals surface area contributed by atoms with Crippen LogP contribution in [0.3, 0.4) is 0 Å². The lowest BCUT2D eigenvalue weighted by Crippen LogP contribution is -2.54. The zero-order valence-corrected chi connectivity index (χ0v) is 42.5. The number of nitrogens with zero attached hydrogens (tertiary/aromatic N) is 2. The van der Waals surface area contributed by atoms with Crippen LogP contribution in [0.5, 0.6) is 0 Å². The Balaban J connectivity index is 0.000000302. The number of benzene rings is 2. The average Bonchev–Trinajstić information content (AvgIpc) is 4.14. The van der Waals surface area contributed by atoms with Gasteiger partial charge in [0.15, 0.2) is 29.7 Å². The molecular formula is C45H59Br3N4O16. The number of carboxylic acids is 1. The van der Waals surface area contributed by atoms with Crippen molar-refractivity contribution in [1.29, 1.82) is 0 Å². The maximum absolute atomic E-state index is 13.4. The highest BCUT2D eigenvalue weighted by Gasteiger charge is 2.55. The summed E-state index contributed by atoms with van der Waals surface area (Å²) in [6, 6.07) is 10.1. The lowest BCUT2D eigenvalue weighted by molar-refractivity contribution is -0.153. The minimum Gasteiger partial charge on any atom is -0.480 e. The van der Waals surface area contributed by atoms with Crippen LogP contribution in [0.1, 0.15) is 68.7 Å². The van der Waals surface area contributed by atoms with Crippen LogP contribution < -0.4 is 10.6 Å². The van der Waals surface area contributed by atoms with E-state index in [4.69, 9.17) is 23.7 Å². The Morgan fingerprint density at radius 1 is 0.662 bits per heavy atom. The van der Waals surface area contributed by atoms with Crippen molar-refractivity contribution in [1.82, 2.24) is 20.4 Å². The predicted octanol–water partition coefficient (Wildman–Crippen LogP) is 5.36. The van der Waals surface area contributed by atoms with E-state index < -0.39 is 78.3 Å². The van der Waals surface area contributed by atoms with Crippen LogP contribution in [0.25, 0.3) is 0 Å². The van der Waals surface area contributed by atoms with Crippen LogP contribution in [0.4, 0.5) is 9.59 Å². The number of rotatable bonds is 13. The molecule has 4 atom stereocenters. The number of ether oxygens (including phenoxy) is 7. The summed E-state index contributed by atoms with van der Waals surface area (Å²) in [5.41, 5.74) is 1.14. The fraction of sp³-hybridized carbons (Fsp3) is 0.556. The number of likely N-dealkylation sites (tertiary alicyclic amines) is 2. The van der Waals surface area contributed by atoms with Crippen molar-refractivity contribution < 1.29 is 76.6 Å². The van der Waals surface area contributed by atoms with Gasteiger partial charge in [0, 0.05) is 32.9 Å². The van der Waals surface area contributed by atoms with E-state index in [9.17, 15) is 43.5 Å². The van der Waals surface area contributed by atoms with Gasteiger partial charge in [-0.1, -0.05) is 107 Å². The number of amides is 4. The van der Waals surface area contributed by atoms with Crippen LogP contribution in [0, 0.1) is 11.8 Å². The van der Waals surface area contributed by atoms with Gasteiger partial charge in [0.25, 0.3) is 0 Å². The highest BCUT2D eigenvalue weighted by atomic mass is 79.9. The quantitative estimate of drug-likeness (QED) is 0.0988. The van der Waals surface area contributed by atoms with Crippen molar-refractivity contribution in [2.45, 2.75) is 83.7 Å². The first-order chi connectivity index (χ1) is 31.7. The van der Waals surface area contributed by atoms with Gasteiger partial charge in [0.1, 0.15) is 24.2 Å². The summed E-state index contributed by atoms with van der Waals surface area (Å²) in [7, 11) is 2.40. The highest BCUT2D eigenvalue weighted by Crippen LogP contribution is 2.37. The standard InChI is InChI=1S/C22H27BrN2O8.C14H22N2O7.C8H6Br2O.CH4/c1-13(2)18(24-21(29)30-3)19(27)25-12-22(32-8-9-33-22)10-16(25)20(28)31-11-17(26)14-4-6-15(23)7-5-14;1-8(2)10(15-13(20)21-3)11(17)16-7-14(22-4-5-23-14)6-9(16)12(18)19;9-5-8(11)6-1-3-7(10)4-2-6;/h4-7,13,16,18H,8-12H2,1-3H3,(H,24,29);8-10H,4-7H2,1-3H3,(H,15,20)(H,18,19);1-4H,5H2;1H4/t16-,18-;9-,10-;;/m00../s1. The third kappa shape index (κ3) is 15.5. The van der Waals surface area contributed by atoms with Gasteiger partial charge in [-0.2, -0.15) is 0 Å². The first-order valence-electron chi connectivity index (χ1n) is 21.1. The number of nitrogens with one attached hydrogen (secondary N) is 2.